The quantitative estimate of drug-likeness (QED) is 0.785. The predicted molar refractivity (Wildman–Crippen MR) is 115 cm³/mol. The minimum Gasteiger partial charge on any atom is -0.497 e. The number of halogens is 1. The van der Waals surface area contributed by atoms with Gasteiger partial charge >= 0.3 is 0 Å². The second-order valence-electron chi connectivity index (χ2n) is 8.01. The van der Waals surface area contributed by atoms with Crippen LogP contribution in [0.3, 0.4) is 0 Å². The molecule has 1 fully saturated rings. The summed E-state index contributed by atoms with van der Waals surface area (Å²) in [5.41, 5.74) is 0.733. The van der Waals surface area contributed by atoms with E-state index in [0.29, 0.717) is 37.5 Å². The Morgan fingerprint density at radius 3 is 2.72 bits per heavy atom. The van der Waals surface area contributed by atoms with Gasteiger partial charge in [0.25, 0.3) is 0 Å². The molecule has 0 aliphatic carbocycles. The third-order valence-electron chi connectivity index (χ3n) is 5.63. The van der Waals surface area contributed by atoms with Crippen molar-refractivity contribution >= 4 is 17.5 Å². The van der Waals surface area contributed by atoms with Crippen LogP contribution >= 0.6 is 11.6 Å². The Morgan fingerprint density at radius 2 is 2.03 bits per heavy atom. The maximum absolute atomic E-state index is 12.9. The van der Waals surface area contributed by atoms with Gasteiger partial charge in [0, 0.05) is 30.6 Å². The Bertz CT molecular complexity index is 858. The molecule has 1 saturated heterocycles. The topological polar surface area (TPSA) is 53.0 Å². The molecule has 2 unspecified atom stereocenters. The molecule has 1 amide bonds. The van der Waals surface area contributed by atoms with Gasteiger partial charge in [-0.15, -0.1) is 0 Å². The van der Waals surface area contributed by atoms with Gasteiger partial charge in [-0.1, -0.05) is 35.9 Å². The van der Waals surface area contributed by atoms with Gasteiger partial charge in [0.1, 0.15) is 5.75 Å². The smallest absolute Gasteiger partial charge is 0.227 e. The number of hydrogen-bond acceptors (Lipinski definition) is 4. The van der Waals surface area contributed by atoms with E-state index in [1.165, 1.54) is 0 Å². The number of methoxy groups -OCH3 is 1. The second kappa shape index (κ2) is 9.16. The van der Waals surface area contributed by atoms with E-state index in [2.05, 4.69) is 4.90 Å². The van der Waals surface area contributed by atoms with E-state index in [9.17, 15) is 9.90 Å². The van der Waals surface area contributed by atoms with Crippen LogP contribution in [0.2, 0.25) is 5.02 Å². The first-order valence-electron chi connectivity index (χ1n) is 9.85. The third-order valence-corrected chi connectivity index (χ3v) is 5.87. The van der Waals surface area contributed by atoms with Crippen molar-refractivity contribution in [1.82, 2.24) is 9.80 Å². The van der Waals surface area contributed by atoms with Crippen LogP contribution in [0, 0.1) is 5.92 Å². The number of benzene rings is 2. The van der Waals surface area contributed by atoms with Crippen molar-refractivity contribution in [2.45, 2.75) is 18.4 Å². The first-order valence-corrected chi connectivity index (χ1v) is 10.2. The summed E-state index contributed by atoms with van der Waals surface area (Å²) in [5.74, 6) is 0.671. The van der Waals surface area contributed by atoms with E-state index in [1.54, 1.807) is 13.2 Å². The van der Waals surface area contributed by atoms with E-state index in [1.807, 2.05) is 61.5 Å². The molecule has 1 aliphatic rings. The molecule has 0 saturated carbocycles. The summed E-state index contributed by atoms with van der Waals surface area (Å²) in [4.78, 5) is 16.8. The maximum atomic E-state index is 12.9. The zero-order valence-electron chi connectivity index (χ0n) is 17.3. The Kier molecular flexibility index (Phi) is 6.83. The van der Waals surface area contributed by atoms with E-state index >= 15 is 0 Å². The van der Waals surface area contributed by atoms with E-state index in [-0.39, 0.29) is 11.8 Å². The molecule has 0 spiro atoms. The SMILES string of the molecule is COc1cccc(C2(O)CCN(C(=O)Cc3cccc(Cl)c3)CC2CN(C)C)c1. The van der Waals surface area contributed by atoms with E-state index < -0.39 is 5.60 Å². The third kappa shape index (κ3) is 5.10. The van der Waals surface area contributed by atoms with Gasteiger partial charge in [0.15, 0.2) is 0 Å². The summed E-state index contributed by atoms with van der Waals surface area (Å²) >= 11 is 6.05. The molecule has 1 heterocycles. The lowest BCUT2D eigenvalue weighted by atomic mass is 9.75. The summed E-state index contributed by atoms with van der Waals surface area (Å²) in [6.45, 7) is 1.69. The summed E-state index contributed by atoms with van der Waals surface area (Å²) in [6, 6.07) is 15.0. The number of carbonyl (C=O) groups is 1. The van der Waals surface area contributed by atoms with Gasteiger partial charge in [-0.05, 0) is 55.9 Å². The van der Waals surface area contributed by atoms with Gasteiger partial charge in [-0.2, -0.15) is 0 Å². The molecule has 3 rings (SSSR count). The average molecular weight is 417 g/mol. The van der Waals surface area contributed by atoms with Crippen LogP contribution in [0.25, 0.3) is 0 Å². The number of likely N-dealkylation sites (tertiary alicyclic amines) is 1. The van der Waals surface area contributed by atoms with E-state index in [4.69, 9.17) is 16.3 Å². The number of aliphatic hydroxyl groups is 1. The largest absolute Gasteiger partial charge is 0.497 e. The van der Waals surface area contributed by atoms with Crippen LogP contribution in [-0.4, -0.2) is 61.7 Å². The summed E-state index contributed by atoms with van der Waals surface area (Å²) in [7, 11) is 5.59. The molecule has 0 aromatic heterocycles. The molecule has 156 valence electrons. The van der Waals surface area contributed by atoms with Crippen molar-refractivity contribution in [3.63, 3.8) is 0 Å². The lowest BCUT2D eigenvalue weighted by Gasteiger charge is -2.46. The van der Waals surface area contributed by atoms with E-state index in [0.717, 1.165) is 16.9 Å². The first-order chi connectivity index (χ1) is 13.8. The lowest BCUT2D eigenvalue weighted by molar-refractivity contribution is -0.141. The Hall–Kier alpha value is -2.08. The molecule has 1 aliphatic heterocycles. The fourth-order valence-corrected chi connectivity index (χ4v) is 4.31. The molecule has 1 N–H and O–H groups in total. The average Bonchev–Trinajstić information content (AvgIpc) is 2.69. The van der Waals surface area contributed by atoms with Gasteiger partial charge < -0.3 is 19.6 Å². The highest BCUT2D eigenvalue weighted by Crippen LogP contribution is 2.39. The molecule has 6 heteroatoms. The molecule has 29 heavy (non-hydrogen) atoms. The molecule has 0 bridgehead atoms. The molecule has 5 nitrogen and oxygen atoms in total. The molecule has 2 atom stereocenters. The number of carbonyl (C=O) groups excluding carboxylic acids is 1. The summed E-state index contributed by atoms with van der Waals surface area (Å²) in [6.07, 6.45) is 0.798. The minimum atomic E-state index is -1.01. The Morgan fingerprint density at radius 1 is 1.28 bits per heavy atom. The number of rotatable bonds is 6. The van der Waals surface area contributed by atoms with Crippen LogP contribution < -0.4 is 4.74 Å². The molecular weight excluding hydrogens is 388 g/mol. The molecular formula is C23H29ClN2O3. The number of nitrogens with zero attached hydrogens (tertiary/aromatic N) is 2. The lowest BCUT2D eigenvalue weighted by Crippen LogP contribution is -2.54. The van der Waals surface area contributed by atoms with Gasteiger partial charge in [-0.3, -0.25) is 4.79 Å². The summed E-state index contributed by atoms with van der Waals surface area (Å²) < 4.78 is 5.35. The van der Waals surface area contributed by atoms with Crippen molar-refractivity contribution in [3.05, 3.63) is 64.7 Å². The normalized spacial score (nSPS) is 22.0. The van der Waals surface area contributed by atoms with Crippen LogP contribution in [0.1, 0.15) is 17.5 Å². The summed E-state index contributed by atoms with van der Waals surface area (Å²) in [5, 5.41) is 12.3. The van der Waals surface area contributed by atoms with Crippen molar-refractivity contribution in [1.29, 1.82) is 0 Å². The maximum Gasteiger partial charge on any atom is 0.227 e. The molecule has 2 aromatic rings. The monoisotopic (exact) mass is 416 g/mol. The number of hydrogen-bond donors (Lipinski definition) is 1. The van der Waals surface area contributed by atoms with Crippen molar-refractivity contribution in [3.8, 4) is 5.75 Å². The van der Waals surface area contributed by atoms with Crippen LogP contribution in [0.5, 0.6) is 5.75 Å². The first kappa shape index (κ1) is 21.6. The van der Waals surface area contributed by atoms with Gasteiger partial charge in [-0.25, -0.2) is 0 Å². The Balaban J connectivity index is 1.80. The van der Waals surface area contributed by atoms with Crippen LogP contribution in [0.4, 0.5) is 0 Å². The number of amides is 1. The predicted octanol–water partition coefficient (Wildman–Crippen LogP) is 3.19. The second-order valence-corrected chi connectivity index (χ2v) is 8.45. The standard InChI is InChI=1S/C23H29ClN2O3/c1-25(2)15-19-16-26(22(27)13-17-6-4-8-20(24)12-17)11-10-23(19,28)18-7-5-9-21(14-18)29-3/h4-9,12,14,19,28H,10-11,13,15-16H2,1-3H3. The fraction of sp³-hybridized carbons (Fsp3) is 0.435. The number of ether oxygens (including phenoxy) is 1. The highest BCUT2D eigenvalue weighted by molar-refractivity contribution is 6.30. The minimum absolute atomic E-state index is 0.0590. The van der Waals surface area contributed by atoms with Gasteiger partial charge in [0.05, 0.1) is 19.1 Å². The number of piperidine rings is 1. The van der Waals surface area contributed by atoms with Crippen LogP contribution in [0.15, 0.2) is 48.5 Å². The Labute approximate surface area is 177 Å². The highest BCUT2D eigenvalue weighted by atomic mass is 35.5. The van der Waals surface area contributed by atoms with Crippen molar-refractivity contribution < 1.29 is 14.6 Å². The molecule has 0 radical (unpaired) electrons. The van der Waals surface area contributed by atoms with Crippen molar-refractivity contribution in [2.75, 3.05) is 40.8 Å². The zero-order valence-corrected chi connectivity index (χ0v) is 18.0. The van der Waals surface area contributed by atoms with Crippen molar-refractivity contribution in [2.24, 2.45) is 5.92 Å². The van der Waals surface area contributed by atoms with Crippen LogP contribution in [-0.2, 0) is 16.8 Å². The highest BCUT2D eigenvalue weighted by Gasteiger charge is 2.44. The van der Waals surface area contributed by atoms with Gasteiger partial charge in [0.2, 0.25) is 5.91 Å². The molecule has 2 aromatic carbocycles. The fourth-order valence-electron chi connectivity index (χ4n) is 4.10. The zero-order chi connectivity index (χ0) is 21.0.